The smallest absolute Gasteiger partial charge is 0.317 e. The van der Waals surface area contributed by atoms with Gasteiger partial charge in [-0.2, -0.15) is 0 Å². The molecule has 1 fully saturated rings. The van der Waals surface area contributed by atoms with Gasteiger partial charge in [0.25, 0.3) is 0 Å². The monoisotopic (exact) mass is 284 g/mol. The van der Waals surface area contributed by atoms with E-state index in [-0.39, 0.29) is 11.9 Å². The molecule has 0 atom stereocenters. The number of carbonyl (C=O) groups excluding carboxylic acids is 1. The minimum absolute atomic E-state index is 0.0125. The van der Waals surface area contributed by atoms with Crippen molar-refractivity contribution < 1.29 is 14.7 Å². The SMILES string of the molecule is CCCCCN(C)C(=O)NCC1CCC(C(=O)O)CC1. The van der Waals surface area contributed by atoms with Gasteiger partial charge >= 0.3 is 12.0 Å². The Balaban J connectivity index is 2.17. The molecule has 1 aliphatic carbocycles. The number of carbonyl (C=O) groups is 2. The summed E-state index contributed by atoms with van der Waals surface area (Å²) in [7, 11) is 1.83. The van der Waals surface area contributed by atoms with Gasteiger partial charge < -0.3 is 15.3 Å². The first kappa shape index (κ1) is 16.8. The van der Waals surface area contributed by atoms with Crippen molar-refractivity contribution >= 4 is 12.0 Å². The molecular weight excluding hydrogens is 256 g/mol. The molecule has 1 saturated carbocycles. The molecule has 1 aliphatic rings. The van der Waals surface area contributed by atoms with Crippen LogP contribution >= 0.6 is 0 Å². The predicted molar refractivity (Wildman–Crippen MR) is 78.6 cm³/mol. The van der Waals surface area contributed by atoms with E-state index >= 15 is 0 Å². The fraction of sp³-hybridized carbons (Fsp3) is 0.867. The quantitative estimate of drug-likeness (QED) is 0.706. The summed E-state index contributed by atoms with van der Waals surface area (Å²) in [6, 6.07) is -0.0125. The summed E-state index contributed by atoms with van der Waals surface area (Å²) in [5.74, 6) is -0.430. The molecule has 0 aromatic rings. The van der Waals surface area contributed by atoms with E-state index in [1.165, 1.54) is 0 Å². The number of urea groups is 1. The maximum atomic E-state index is 11.9. The second kappa shape index (κ2) is 8.82. The highest BCUT2D eigenvalue weighted by atomic mass is 16.4. The average molecular weight is 284 g/mol. The fourth-order valence-electron chi connectivity index (χ4n) is 2.68. The highest BCUT2D eigenvalue weighted by Crippen LogP contribution is 2.28. The van der Waals surface area contributed by atoms with Gasteiger partial charge in [0, 0.05) is 20.1 Å². The van der Waals surface area contributed by atoms with E-state index in [0.717, 1.165) is 51.5 Å². The molecule has 116 valence electrons. The lowest BCUT2D eigenvalue weighted by molar-refractivity contribution is -0.143. The van der Waals surface area contributed by atoms with Gasteiger partial charge in [-0.15, -0.1) is 0 Å². The van der Waals surface area contributed by atoms with Gasteiger partial charge in [0.05, 0.1) is 5.92 Å². The first-order valence-electron chi connectivity index (χ1n) is 7.76. The number of hydrogen-bond donors (Lipinski definition) is 2. The first-order valence-corrected chi connectivity index (χ1v) is 7.76. The Kier molecular flexibility index (Phi) is 7.41. The minimum Gasteiger partial charge on any atom is -0.481 e. The van der Waals surface area contributed by atoms with Crippen LogP contribution in [0.4, 0.5) is 4.79 Å². The molecule has 1 rings (SSSR count). The van der Waals surface area contributed by atoms with Crippen molar-refractivity contribution in [2.45, 2.75) is 51.9 Å². The number of aliphatic carboxylic acids is 1. The maximum absolute atomic E-state index is 11.9. The third kappa shape index (κ3) is 5.80. The first-order chi connectivity index (χ1) is 9.54. The molecule has 2 N–H and O–H groups in total. The van der Waals surface area contributed by atoms with E-state index < -0.39 is 5.97 Å². The number of unbranched alkanes of at least 4 members (excludes halogenated alkanes) is 2. The second-order valence-electron chi connectivity index (χ2n) is 5.87. The molecule has 2 amide bonds. The zero-order chi connectivity index (χ0) is 15.0. The Hall–Kier alpha value is -1.26. The number of hydrogen-bond acceptors (Lipinski definition) is 2. The molecule has 0 spiro atoms. The van der Waals surface area contributed by atoms with E-state index in [0.29, 0.717) is 12.5 Å². The van der Waals surface area contributed by atoms with Gasteiger partial charge in [-0.1, -0.05) is 19.8 Å². The van der Waals surface area contributed by atoms with Gasteiger partial charge in [0.2, 0.25) is 0 Å². The normalized spacial score (nSPS) is 22.3. The fourth-order valence-corrected chi connectivity index (χ4v) is 2.68. The van der Waals surface area contributed by atoms with Crippen LogP contribution in [0.2, 0.25) is 0 Å². The van der Waals surface area contributed by atoms with E-state index in [4.69, 9.17) is 5.11 Å². The van der Waals surface area contributed by atoms with Crippen LogP contribution in [0.25, 0.3) is 0 Å². The highest BCUT2D eigenvalue weighted by molar-refractivity contribution is 5.73. The number of rotatable bonds is 7. The Morgan fingerprint density at radius 3 is 2.40 bits per heavy atom. The van der Waals surface area contributed by atoms with E-state index in [2.05, 4.69) is 12.2 Å². The Morgan fingerprint density at radius 2 is 1.85 bits per heavy atom. The van der Waals surface area contributed by atoms with Crippen LogP contribution in [-0.4, -0.2) is 42.1 Å². The maximum Gasteiger partial charge on any atom is 0.317 e. The third-order valence-electron chi connectivity index (χ3n) is 4.18. The molecule has 0 aliphatic heterocycles. The Labute approximate surface area is 121 Å². The van der Waals surface area contributed by atoms with E-state index in [1.807, 2.05) is 7.05 Å². The van der Waals surface area contributed by atoms with Crippen LogP contribution in [0.5, 0.6) is 0 Å². The Bertz CT molecular complexity index is 312. The zero-order valence-corrected chi connectivity index (χ0v) is 12.7. The van der Waals surface area contributed by atoms with Crippen molar-refractivity contribution in [2.24, 2.45) is 11.8 Å². The zero-order valence-electron chi connectivity index (χ0n) is 12.7. The molecule has 0 aromatic carbocycles. The Morgan fingerprint density at radius 1 is 1.20 bits per heavy atom. The van der Waals surface area contributed by atoms with Gasteiger partial charge in [0.1, 0.15) is 0 Å². The summed E-state index contributed by atoms with van der Waals surface area (Å²) < 4.78 is 0. The minimum atomic E-state index is -0.678. The predicted octanol–water partition coefficient (Wildman–Crippen LogP) is 2.71. The molecule has 0 unspecified atom stereocenters. The lowest BCUT2D eigenvalue weighted by Gasteiger charge is -2.27. The van der Waals surface area contributed by atoms with Crippen molar-refractivity contribution in [3.63, 3.8) is 0 Å². The summed E-state index contributed by atoms with van der Waals surface area (Å²) in [5, 5.41) is 11.9. The molecular formula is C15H28N2O3. The van der Waals surface area contributed by atoms with Crippen LogP contribution in [0.3, 0.4) is 0 Å². The summed E-state index contributed by atoms with van der Waals surface area (Å²) in [4.78, 5) is 24.5. The van der Waals surface area contributed by atoms with E-state index in [9.17, 15) is 9.59 Å². The highest BCUT2D eigenvalue weighted by Gasteiger charge is 2.26. The number of carboxylic acid groups (broad SMARTS) is 1. The number of amides is 2. The van der Waals surface area contributed by atoms with Gasteiger partial charge in [-0.25, -0.2) is 4.79 Å². The average Bonchev–Trinajstić information content (AvgIpc) is 2.45. The lowest BCUT2D eigenvalue weighted by atomic mass is 9.82. The number of nitrogens with one attached hydrogen (secondary N) is 1. The van der Waals surface area contributed by atoms with Gasteiger partial charge in [0.15, 0.2) is 0 Å². The third-order valence-corrected chi connectivity index (χ3v) is 4.18. The van der Waals surface area contributed by atoms with E-state index in [1.54, 1.807) is 4.90 Å². The standard InChI is InChI=1S/C15H28N2O3/c1-3-4-5-10-17(2)15(20)16-11-12-6-8-13(9-7-12)14(18)19/h12-13H,3-11H2,1-2H3,(H,16,20)(H,18,19). The summed E-state index contributed by atoms with van der Waals surface area (Å²) >= 11 is 0. The van der Waals surface area contributed by atoms with Crippen LogP contribution in [0.15, 0.2) is 0 Å². The summed E-state index contributed by atoms with van der Waals surface area (Å²) in [6.45, 7) is 3.61. The topological polar surface area (TPSA) is 69.6 Å². The van der Waals surface area contributed by atoms with Crippen LogP contribution in [0.1, 0.15) is 51.9 Å². The van der Waals surface area contributed by atoms with Crippen molar-refractivity contribution in [1.82, 2.24) is 10.2 Å². The van der Waals surface area contributed by atoms with Crippen molar-refractivity contribution in [3.05, 3.63) is 0 Å². The molecule has 5 heteroatoms. The van der Waals surface area contributed by atoms with Gasteiger partial charge in [-0.3, -0.25) is 4.79 Å². The van der Waals surface area contributed by atoms with Crippen molar-refractivity contribution in [2.75, 3.05) is 20.1 Å². The molecule has 20 heavy (non-hydrogen) atoms. The summed E-state index contributed by atoms with van der Waals surface area (Å²) in [6.07, 6.45) is 6.63. The van der Waals surface area contributed by atoms with Crippen LogP contribution < -0.4 is 5.32 Å². The molecule has 0 radical (unpaired) electrons. The largest absolute Gasteiger partial charge is 0.481 e. The second-order valence-corrected chi connectivity index (χ2v) is 5.87. The molecule has 0 saturated heterocycles. The lowest BCUT2D eigenvalue weighted by Crippen LogP contribution is -2.40. The van der Waals surface area contributed by atoms with Crippen molar-refractivity contribution in [3.8, 4) is 0 Å². The van der Waals surface area contributed by atoms with Crippen molar-refractivity contribution in [1.29, 1.82) is 0 Å². The van der Waals surface area contributed by atoms with Gasteiger partial charge in [-0.05, 0) is 38.0 Å². The number of nitrogens with zero attached hydrogens (tertiary/aromatic N) is 1. The molecule has 5 nitrogen and oxygen atoms in total. The molecule has 0 heterocycles. The summed E-state index contributed by atoms with van der Waals surface area (Å²) in [5.41, 5.74) is 0. The number of carboxylic acids is 1. The molecule has 0 aromatic heterocycles. The van der Waals surface area contributed by atoms with Crippen LogP contribution in [0, 0.1) is 11.8 Å². The molecule has 0 bridgehead atoms. The van der Waals surface area contributed by atoms with Crippen LogP contribution in [-0.2, 0) is 4.79 Å².